The number of benzene rings is 1. The van der Waals surface area contributed by atoms with Crippen LogP contribution in [0.1, 0.15) is 12.5 Å². The zero-order valence-corrected chi connectivity index (χ0v) is 8.90. The number of rotatable bonds is 5. The Morgan fingerprint density at radius 3 is 2.73 bits per heavy atom. The zero-order valence-electron chi connectivity index (χ0n) is 8.90. The lowest BCUT2D eigenvalue weighted by Gasteiger charge is -2.09. The SMILES string of the molecule is CCOc1ccc(C=CC=O)cc1OC. The van der Waals surface area contributed by atoms with Crippen LogP contribution in [0, 0.1) is 0 Å². The molecule has 0 N–H and O–H groups in total. The number of hydrogen-bond acceptors (Lipinski definition) is 3. The van der Waals surface area contributed by atoms with Gasteiger partial charge in [0.15, 0.2) is 11.5 Å². The fourth-order valence-electron chi connectivity index (χ4n) is 1.21. The first kappa shape index (κ1) is 11.3. The summed E-state index contributed by atoms with van der Waals surface area (Å²) in [5.41, 5.74) is 0.905. The van der Waals surface area contributed by atoms with Gasteiger partial charge in [0.1, 0.15) is 6.29 Å². The van der Waals surface area contributed by atoms with Crippen LogP contribution in [0.5, 0.6) is 11.5 Å². The molecule has 0 aliphatic carbocycles. The summed E-state index contributed by atoms with van der Waals surface area (Å²) in [5, 5.41) is 0. The molecule has 0 saturated heterocycles. The van der Waals surface area contributed by atoms with Crippen molar-refractivity contribution in [1.82, 2.24) is 0 Å². The Kier molecular flexibility index (Phi) is 4.41. The highest BCUT2D eigenvalue weighted by molar-refractivity contribution is 5.74. The summed E-state index contributed by atoms with van der Waals surface area (Å²) >= 11 is 0. The van der Waals surface area contributed by atoms with Crippen molar-refractivity contribution < 1.29 is 14.3 Å². The van der Waals surface area contributed by atoms with Crippen LogP contribution in [-0.4, -0.2) is 20.0 Å². The van der Waals surface area contributed by atoms with Crippen molar-refractivity contribution >= 4 is 12.4 Å². The molecule has 0 aromatic heterocycles. The van der Waals surface area contributed by atoms with Gasteiger partial charge in [0.25, 0.3) is 0 Å². The average molecular weight is 206 g/mol. The molecule has 1 rings (SSSR count). The van der Waals surface area contributed by atoms with Crippen LogP contribution in [0.15, 0.2) is 24.3 Å². The van der Waals surface area contributed by atoms with E-state index in [-0.39, 0.29) is 0 Å². The molecule has 0 heterocycles. The van der Waals surface area contributed by atoms with E-state index in [4.69, 9.17) is 9.47 Å². The van der Waals surface area contributed by atoms with E-state index in [1.807, 2.05) is 25.1 Å². The first-order valence-electron chi connectivity index (χ1n) is 4.74. The Morgan fingerprint density at radius 2 is 2.13 bits per heavy atom. The summed E-state index contributed by atoms with van der Waals surface area (Å²) in [6.45, 7) is 2.51. The Morgan fingerprint density at radius 1 is 1.33 bits per heavy atom. The van der Waals surface area contributed by atoms with E-state index in [9.17, 15) is 4.79 Å². The molecule has 3 nitrogen and oxygen atoms in total. The van der Waals surface area contributed by atoms with Gasteiger partial charge in [-0.15, -0.1) is 0 Å². The normalized spacial score (nSPS) is 10.3. The van der Waals surface area contributed by atoms with Gasteiger partial charge in [0.05, 0.1) is 13.7 Å². The monoisotopic (exact) mass is 206 g/mol. The van der Waals surface area contributed by atoms with Gasteiger partial charge in [-0.2, -0.15) is 0 Å². The molecule has 0 spiro atoms. The van der Waals surface area contributed by atoms with Crippen molar-refractivity contribution in [2.45, 2.75) is 6.92 Å². The summed E-state index contributed by atoms with van der Waals surface area (Å²) in [5.74, 6) is 1.38. The van der Waals surface area contributed by atoms with Crippen molar-refractivity contribution in [3.05, 3.63) is 29.8 Å². The maximum atomic E-state index is 10.2. The average Bonchev–Trinajstić information content (AvgIpc) is 2.28. The van der Waals surface area contributed by atoms with Crippen molar-refractivity contribution in [1.29, 1.82) is 0 Å². The van der Waals surface area contributed by atoms with Crippen LogP contribution < -0.4 is 9.47 Å². The van der Waals surface area contributed by atoms with Gasteiger partial charge in [0.2, 0.25) is 0 Å². The second-order valence-corrected chi connectivity index (χ2v) is 2.84. The van der Waals surface area contributed by atoms with Gasteiger partial charge in [0, 0.05) is 0 Å². The first-order valence-corrected chi connectivity index (χ1v) is 4.74. The first-order chi connectivity index (χ1) is 7.31. The van der Waals surface area contributed by atoms with Crippen molar-refractivity contribution in [3.8, 4) is 11.5 Å². The van der Waals surface area contributed by atoms with Gasteiger partial charge in [-0.1, -0.05) is 12.1 Å². The third kappa shape index (κ3) is 3.13. The summed E-state index contributed by atoms with van der Waals surface area (Å²) in [6.07, 6.45) is 3.89. The quantitative estimate of drug-likeness (QED) is 0.547. The summed E-state index contributed by atoms with van der Waals surface area (Å²) in [7, 11) is 1.59. The van der Waals surface area contributed by atoms with E-state index >= 15 is 0 Å². The topological polar surface area (TPSA) is 35.5 Å². The maximum absolute atomic E-state index is 10.2. The summed E-state index contributed by atoms with van der Waals surface area (Å²) in [6, 6.07) is 5.52. The van der Waals surface area contributed by atoms with Crippen LogP contribution >= 0.6 is 0 Å². The lowest BCUT2D eigenvalue weighted by atomic mass is 10.2. The third-order valence-electron chi connectivity index (χ3n) is 1.85. The maximum Gasteiger partial charge on any atom is 0.161 e. The van der Waals surface area contributed by atoms with Crippen LogP contribution in [0.3, 0.4) is 0 Å². The van der Waals surface area contributed by atoms with Gasteiger partial charge in [-0.3, -0.25) is 4.79 Å². The lowest BCUT2D eigenvalue weighted by molar-refractivity contribution is -0.104. The lowest BCUT2D eigenvalue weighted by Crippen LogP contribution is -1.95. The molecular formula is C12H14O3. The Labute approximate surface area is 89.3 Å². The molecule has 0 aliphatic rings. The molecule has 0 radical (unpaired) electrons. The number of aldehydes is 1. The van der Waals surface area contributed by atoms with Crippen molar-refractivity contribution in [2.75, 3.05) is 13.7 Å². The number of carbonyl (C=O) groups excluding carboxylic acids is 1. The van der Waals surface area contributed by atoms with Gasteiger partial charge in [-0.25, -0.2) is 0 Å². The summed E-state index contributed by atoms with van der Waals surface area (Å²) < 4.78 is 10.5. The standard InChI is InChI=1S/C12H14O3/c1-3-15-11-7-6-10(5-4-8-13)9-12(11)14-2/h4-9H,3H2,1-2H3. The molecule has 0 saturated carbocycles. The molecule has 15 heavy (non-hydrogen) atoms. The zero-order chi connectivity index (χ0) is 11.1. The van der Waals surface area contributed by atoms with Crippen LogP contribution in [0.4, 0.5) is 0 Å². The summed E-state index contributed by atoms with van der Waals surface area (Å²) in [4.78, 5) is 10.2. The molecule has 0 amide bonds. The van der Waals surface area contributed by atoms with Crippen molar-refractivity contribution in [3.63, 3.8) is 0 Å². The minimum absolute atomic E-state index is 0.597. The molecular weight excluding hydrogens is 192 g/mol. The largest absolute Gasteiger partial charge is 0.493 e. The van der Waals surface area contributed by atoms with E-state index in [1.165, 1.54) is 6.08 Å². The highest BCUT2D eigenvalue weighted by Gasteiger charge is 2.03. The number of ether oxygens (including phenoxy) is 2. The smallest absolute Gasteiger partial charge is 0.161 e. The predicted molar refractivity (Wildman–Crippen MR) is 59.3 cm³/mol. The van der Waals surface area contributed by atoms with E-state index in [1.54, 1.807) is 13.2 Å². The van der Waals surface area contributed by atoms with Gasteiger partial charge in [-0.05, 0) is 30.7 Å². The molecule has 80 valence electrons. The molecule has 3 heteroatoms. The fraction of sp³-hybridized carbons (Fsp3) is 0.250. The molecule has 1 aromatic carbocycles. The highest BCUT2D eigenvalue weighted by atomic mass is 16.5. The van der Waals surface area contributed by atoms with Gasteiger partial charge >= 0.3 is 0 Å². The Bertz CT molecular complexity index is 356. The number of hydrogen-bond donors (Lipinski definition) is 0. The van der Waals surface area contributed by atoms with E-state index in [0.717, 1.165) is 11.8 Å². The van der Waals surface area contributed by atoms with Crippen molar-refractivity contribution in [2.24, 2.45) is 0 Å². The Hall–Kier alpha value is -1.77. The Balaban J connectivity index is 2.96. The number of allylic oxidation sites excluding steroid dienone is 1. The highest BCUT2D eigenvalue weighted by Crippen LogP contribution is 2.28. The van der Waals surface area contributed by atoms with E-state index < -0.39 is 0 Å². The molecule has 0 atom stereocenters. The number of carbonyl (C=O) groups is 1. The molecule has 0 unspecified atom stereocenters. The second kappa shape index (κ2) is 5.86. The number of methoxy groups -OCH3 is 1. The van der Waals surface area contributed by atoms with Gasteiger partial charge < -0.3 is 9.47 Å². The van der Waals surface area contributed by atoms with Crippen LogP contribution in [0.25, 0.3) is 6.08 Å². The molecule has 0 aliphatic heterocycles. The third-order valence-corrected chi connectivity index (χ3v) is 1.85. The fourth-order valence-corrected chi connectivity index (χ4v) is 1.21. The molecule has 1 aromatic rings. The molecule has 0 fully saturated rings. The second-order valence-electron chi connectivity index (χ2n) is 2.84. The van der Waals surface area contributed by atoms with E-state index in [0.29, 0.717) is 18.1 Å². The van der Waals surface area contributed by atoms with Crippen LogP contribution in [-0.2, 0) is 4.79 Å². The van der Waals surface area contributed by atoms with Crippen LogP contribution in [0.2, 0.25) is 0 Å². The molecule has 0 bridgehead atoms. The minimum Gasteiger partial charge on any atom is -0.493 e. The predicted octanol–water partition coefficient (Wildman–Crippen LogP) is 2.31. The minimum atomic E-state index is 0.597. The van der Waals surface area contributed by atoms with E-state index in [2.05, 4.69) is 0 Å².